The van der Waals surface area contributed by atoms with Gasteiger partial charge in [0.25, 0.3) is 11.7 Å². The number of Topliss-reactive ketones (excluding diaryl/α,β-unsaturated/α-hetero) is 1. The number of benzene rings is 2. The molecule has 2 N–H and O–H groups in total. The second-order valence-corrected chi connectivity index (χ2v) is 11.1. The molecule has 0 unspecified atom stereocenters. The Balaban J connectivity index is 1.95. The van der Waals surface area contributed by atoms with Crippen molar-refractivity contribution in [2.45, 2.75) is 31.2 Å². The van der Waals surface area contributed by atoms with Crippen molar-refractivity contribution >= 4 is 42.0 Å². The Bertz CT molecular complexity index is 1180. The van der Waals surface area contributed by atoms with Crippen molar-refractivity contribution < 1.29 is 23.2 Å². The van der Waals surface area contributed by atoms with Crippen LogP contribution in [0.1, 0.15) is 35.0 Å². The first-order chi connectivity index (χ1) is 15.8. The van der Waals surface area contributed by atoms with Gasteiger partial charge in [0.2, 0.25) is 0 Å². The van der Waals surface area contributed by atoms with Crippen LogP contribution in [0.4, 0.5) is 0 Å². The molecule has 0 aliphatic rings. The molecule has 0 saturated carbocycles. The van der Waals surface area contributed by atoms with Crippen LogP contribution < -0.4 is 5.73 Å². The van der Waals surface area contributed by atoms with E-state index in [1.807, 2.05) is 55.5 Å². The van der Waals surface area contributed by atoms with Crippen LogP contribution in [0.25, 0.3) is 10.9 Å². The lowest BCUT2D eigenvalue weighted by atomic mass is 10.0. The highest BCUT2D eigenvalue weighted by molar-refractivity contribution is 7.99. The van der Waals surface area contributed by atoms with Gasteiger partial charge >= 0.3 is 7.60 Å². The molecule has 0 radical (unpaired) electrons. The van der Waals surface area contributed by atoms with E-state index in [1.165, 1.54) is 14.2 Å². The fourth-order valence-corrected chi connectivity index (χ4v) is 6.04. The molecule has 7 nitrogen and oxygen atoms in total. The van der Waals surface area contributed by atoms with E-state index in [0.717, 1.165) is 27.1 Å². The van der Waals surface area contributed by atoms with Crippen molar-refractivity contribution in [3.8, 4) is 0 Å². The summed E-state index contributed by atoms with van der Waals surface area (Å²) < 4.78 is 24.2. The average Bonchev–Trinajstić information content (AvgIpc) is 3.14. The maximum Gasteiger partial charge on any atom is 0.330 e. The number of fused-ring (bicyclic) bond motifs is 1. The summed E-state index contributed by atoms with van der Waals surface area (Å²) in [5.74, 6) is -0.935. The molecule has 33 heavy (non-hydrogen) atoms. The van der Waals surface area contributed by atoms with Gasteiger partial charge in [-0.1, -0.05) is 37.3 Å². The predicted molar refractivity (Wildman–Crippen MR) is 132 cm³/mol. The number of hydrogen-bond acceptors (Lipinski definition) is 6. The van der Waals surface area contributed by atoms with Crippen molar-refractivity contribution in [1.82, 2.24) is 4.57 Å². The van der Waals surface area contributed by atoms with Crippen molar-refractivity contribution in [2.75, 3.05) is 26.1 Å². The highest BCUT2D eigenvalue weighted by atomic mass is 32.2. The number of hydrogen-bond donors (Lipinski definition) is 1. The first-order valence-electron chi connectivity index (χ1n) is 10.7. The van der Waals surface area contributed by atoms with Crippen molar-refractivity contribution in [1.29, 1.82) is 0 Å². The number of thioether (sulfide) groups is 1. The summed E-state index contributed by atoms with van der Waals surface area (Å²) in [4.78, 5) is 25.6. The molecular weight excluding hydrogens is 459 g/mol. The molecule has 2 aromatic carbocycles. The van der Waals surface area contributed by atoms with Gasteiger partial charge in [-0.25, -0.2) is 0 Å². The van der Waals surface area contributed by atoms with E-state index >= 15 is 0 Å². The molecule has 1 heterocycles. The number of ketones is 1. The lowest BCUT2D eigenvalue weighted by molar-refractivity contribution is -0.114. The van der Waals surface area contributed by atoms with Crippen LogP contribution in [-0.4, -0.2) is 42.4 Å². The van der Waals surface area contributed by atoms with Crippen molar-refractivity contribution in [2.24, 2.45) is 5.73 Å². The molecule has 9 heteroatoms. The fourth-order valence-electron chi connectivity index (χ4n) is 3.87. The third kappa shape index (κ3) is 5.76. The highest BCUT2D eigenvalue weighted by Crippen LogP contribution is 2.47. The quantitative estimate of drug-likeness (QED) is 0.128. The van der Waals surface area contributed by atoms with Crippen molar-refractivity contribution in [3.05, 3.63) is 65.4 Å². The molecule has 0 saturated heterocycles. The first kappa shape index (κ1) is 25.2. The van der Waals surface area contributed by atoms with Gasteiger partial charge < -0.3 is 19.3 Å². The van der Waals surface area contributed by atoms with Crippen LogP contribution >= 0.6 is 19.4 Å². The molecule has 3 rings (SSSR count). The Morgan fingerprint density at radius 3 is 2.39 bits per heavy atom. The Morgan fingerprint density at radius 1 is 1.09 bits per heavy atom. The summed E-state index contributed by atoms with van der Waals surface area (Å²) in [5.41, 5.74) is 8.54. The minimum absolute atomic E-state index is 0.327. The van der Waals surface area contributed by atoms with E-state index in [2.05, 4.69) is 4.57 Å². The zero-order valence-corrected chi connectivity index (χ0v) is 20.8. The SMILES string of the molecule is CCc1c(C(=O)C(N)=O)c2cc(SCCCP(=O)(OC)OC)ccc2n1Cc1ccccc1. The van der Waals surface area contributed by atoms with Crippen LogP contribution in [-0.2, 0) is 31.4 Å². The van der Waals surface area contributed by atoms with Gasteiger partial charge in [0.05, 0.1) is 11.7 Å². The number of aromatic nitrogens is 1. The van der Waals surface area contributed by atoms with Crippen LogP contribution in [0.3, 0.4) is 0 Å². The normalized spacial score (nSPS) is 11.7. The summed E-state index contributed by atoms with van der Waals surface area (Å²) in [6.45, 7) is 2.55. The Hall–Kier alpha value is -2.38. The summed E-state index contributed by atoms with van der Waals surface area (Å²) in [5, 5.41) is 0.719. The van der Waals surface area contributed by atoms with Gasteiger partial charge in [-0.05, 0) is 42.4 Å². The number of carbonyl (C=O) groups is 2. The number of nitrogens with zero attached hydrogens (tertiary/aromatic N) is 1. The number of rotatable bonds is 12. The maximum absolute atomic E-state index is 12.8. The number of primary amides is 1. The standard InChI is InChI=1S/C24H29N2O5PS/c1-4-20-22(23(27)24(25)28)19-15-18(33-14-8-13-32(29,30-2)31-3)11-12-21(19)26(20)16-17-9-6-5-7-10-17/h5-7,9-12,15H,4,8,13-14,16H2,1-3H3,(H2,25,28). The van der Waals surface area contributed by atoms with Gasteiger partial charge in [-0.3, -0.25) is 14.2 Å². The molecule has 176 valence electrons. The second-order valence-electron chi connectivity index (χ2n) is 7.52. The highest BCUT2D eigenvalue weighted by Gasteiger charge is 2.25. The summed E-state index contributed by atoms with van der Waals surface area (Å²) >= 11 is 1.58. The lowest BCUT2D eigenvalue weighted by Crippen LogP contribution is -2.24. The molecule has 0 atom stereocenters. The lowest BCUT2D eigenvalue weighted by Gasteiger charge is -2.13. The summed E-state index contributed by atoms with van der Waals surface area (Å²) in [6.07, 6.45) is 1.56. The van der Waals surface area contributed by atoms with Gasteiger partial charge in [0.15, 0.2) is 0 Å². The molecule has 0 aliphatic carbocycles. The molecule has 0 aliphatic heterocycles. The molecule has 3 aromatic rings. The molecule has 1 aromatic heterocycles. The van der Waals surface area contributed by atoms with Gasteiger partial charge in [-0.15, -0.1) is 11.8 Å². The Morgan fingerprint density at radius 2 is 1.79 bits per heavy atom. The van der Waals surface area contributed by atoms with Crippen LogP contribution in [0.2, 0.25) is 0 Å². The van der Waals surface area contributed by atoms with E-state index in [0.29, 0.717) is 36.9 Å². The van der Waals surface area contributed by atoms with E-state index in [-0.39, 0.29) is 0 Å². The monoisotopic (exact) mass is 488 g/mol. The van der Waals surface area contributed by atoms with Crippen LogP contribution in [0.15, 0.2) is 53.4 Å². The van der Waals surface area contributed by atoms with Crippen molar-refractivity contribution in [3.63, 3.8) is 0 Å². The average molecular weight is 489 g/mol. The molecular formula is C24H29N2O5PS. The Kier molecular flexibility index (Phi) is 8.54. The molecule has 0 spiro atoms. The molecule has 1 amide bonds. The minimum atomic E-state index is -3.03. The Labute approximate surface area is 198 Å². The first-order valence-corrected chi connectivity index (χ1v) is 13.4. The van der Waals surface area contributed by atoms with Crippen LogP contribution in [0, 0.1) is 0 Å². The van der Waals surface area contributed by atoms with E-state index in [1.54, 1.807) is 11.8 Å². The molecule has 0 bridgehead atoms. The van der Waals surface area contributed by atoms with Crippen LogP contribution in [0.5, 0.6) is 0 Å². The summed E-state index contributed by atoms with van der Waals surface area (Å²) in [7, 11) is -0.261. The third-order valence-corrected chi connectivity index (χ3v) is 8.57. The maximum atomic E-state index is 12.8. The van der Waals surface area contributed by atoms with E-state index in [9.17, 15) is 14.2 Å². The smallest absolute Gasteiger partial charge is 0.330 e. The van der Waals surface area contributed by atoms with Gasteiger partial charge in [0, 0.05) is 42.3 Å². The van der Waals surface area contributed by atoms with Gasteiger partial charge in [-0.2, -0.15) is 0 Å². The number of carbonyl (C=O) groups excluding carboxylic acids is 2. The molecule has 0 fully saturated rings. The third-order valence-electron chi connectivity index (χ3n) is 5.51. The van der Waals surface area contributed by atoms with E-state index < -0.39 is 19.3 Å². The van der Waals surface area contributed by atoms with E-state index in [4.69, 9.17) is 14.8 Å². The zero-order chi connectivity index (χ0) is 24.0. The predicted octanol–water partition coefficient (Wildman–Crippen LogP) is 4.89. The minimum Gasteiger partial charge on any atom is -0.363 e. The van der Waals surface area contributed by atoms with Gasteiger partial charge in [0.1, 0.15) is 0 Å². The topological polar surface area (TPSA) is 101 Å². The summed E-state index contributed by atoms with van der Waals surface area (Å²) in [6, 6.07) is 15.9. The fraction of sp³-hybridized carbons (Fsp3) is 0.333. The number of nitrogens with two attached hydrogens (primary N) is 1. The number of amides is 1. The largest absolute Gasteiger partial charge is 0.363 e. The zero-order valence-electron chi connectivity index (χ0n) is 19.1. The second kappa shape index (κ2) is 11.2.